The normalized spacial score (nSPS) is 24.8. The fourth-order valence-corrected chi connectivity index (χ4v) is 3.72. The molecule has 0 spiro atoms. The lowest BCUT2D eigenvalue weighted by Gasteiger charge is -2.32. The van der Waals surface area contributed by atoms with Gasteiger partial charge in [0.2, 0.25) is 0 Å². The largest absolute Gasteiger partial charge is 0.348 e. The number of rotatable bonds is 3. The van der Waals surface area contributed by atoms with Gasteiger partial charge in [0.15, 0.2) is 0 Å². The van der Waals surface area contributed by atoms with Crippen molar-refractivity contribution in [1.29, 1.82) is 0 Å². The zero-order chi connectivity index (χ0) is 15.7. The highest BCUT2D eigenvalue weighted by Gasteiger charge is 2.36. The topological polar surface area (TPSA) is 75.5 Å². The number of carbonyl (C=O) groups excluding carboxylic acids is 1. The van der Waals surface area contributed by atoms with Crippen LogP contribution in [0.4, 0.5) is 5.69 Å². The number of carbonyl (C=O) groups is 1. The molecule has 7 heteroatoms. The summed E-state index contributed by atoms with van der Waals surface area (Å²) in [7, 11) is 0. The van der Waals surface area contributed by atoms with Crippen LogP contribution in [-0.4, -0.2) is 40.9 Å². The molecule has 1 amide bonds. The minimum absolute atomic E-state index is 0.110. The smallest absolute Gasteiger partial charge is 0.270 e. The molecule has 1 aromatic rings. The van der Waals surface area contributed by atoms with Gasteiger partial charge in [-0.1, -0.05) is 18.0 Å². The number of hydrogen-bond acceptors (Lipinski definition) is 4. The average Bonchev–Trinajstić information content (AvgIpc) is 2.90. The predicted molar refractivity (Wildman–Crippen MR) is 83.2 cm³/mol. The molecule has 118 valence electrons. The predicted octanol–water partition coefficient (Wildman–Crippen LogP) is 2.60. The Kier molecular flexibility index (Phi) is 4.31. The molecule has 0 aliphatic carbocycles. The molecule has 2 heterocycles. The highest BCUT2D eigenvalue weighted by Crippen LogP contribution is 2.28. The van der Waals surface area contributed by atoms with Crippen molar-refractivity contribution in [2.75, 3.05) is 13.1 Å². The van der Waals surface area contributed by atoms with Crippen molar-refractivity contribution in [3.63, 3.8) is 0 Å². The SMILES string of the molecule is O=C(NC1CCN2CCCCC12)c1ccc([N+](=O)[O-])cc1Cl. The third-order valence-electron chi connectivity index (χ3n) is 4.58. The van der Waals surface area contributed by atoms with Crippen LogP contribution < -0.4 is 5.32 Å². The van der Waals surface area contributed by atoms with Crippen LogP contribution in [0.25, 0.3) is 0 Å². The van der Waals surface area contributed by atoms with Crippen molar-refractivity contribution >= 4 is 23.2 Å². The summed E-state index contributed by atoms with van der Waals surface area (Å²) in [5.41, 5.74) is 0.183. The van der Waals surface area contributed by atoms with Crippen LogP contribution >= 0.6 is 11.6 Å². The van der Waals surface area contributed by atoms with Crippen molar-refractivity contribution in [3.8, 4) is 0 Å². The molecular weight excluding hydrogens is 306 g/mol. The monoisotopic (exact) mass is 323 g/mol. The molecule has 1 aromatic carbocycles. The van der Waals surface area contributed by atoms with E-state index in [4.69, 9.17) is 11.6 Å². The first-order valence-corrected chi connectivity index (χ1v) is 7.93. The summed E-state index contributed by atoms with van der Waals surface area (Å²) < 4.78 is 0. The highest BCUT2D eigenvalue weighted by atomic mass is 35.5. The van der Waals surface area contributed by atoms with Crippen LogP contribution in [0.15, 0.2) is 18.2 Å². The first-order valence-electron chi connectivity index (χ1n) is 7.55. The summed E-state index contributed by atoms with van der Waals surface area (Å²) >= 11 is 6.02. The van der Waals surface area contributed by atoms with E-state index in [-0.39, 0.29) is 22.7 Å². The van der Waals surface area contributed by atoms with Gasteiger partial charge < -0.3 is 5.32 Å². The standard InChI is InChI=1S/C15H18ClN3O3/c16-12-9-10(19(21)22)4-5-11(12)15(20)17-13-6-8-18-7-2-1-3-14(13)18/h4-5,9,13-14H,1-3,6-8H2,(H,17,20). The van der Waals surface area contributed by atoms with E-state index in [1.165, 1.54) is 31.0 Å². The lowest BCUT2D eigenvalue weighted by Crippen LogP contribution is -2.46. The second-order valence-electron chi connectivity index (χ2n) is 5.89. The van der Waals surface area contributed by atoms with Crippen molar-refractivity contribution in [2.24, 2.45) is 0 Å². The Hall–Kier alpha value is -1.66. The maximum atomic E-state index is 12.4. The summed E-state index contributed by atoms with van der Waals surface area (Å²) in [6.07, 6.45) is 4.48. The summed E-state index contributed by atoms with van der Waals surface area (Å²) in [4.78, 5) is 25.0. The van der Waals surface area contributed by atoms with Crippen LogP contribution in [-0.2, 0) is 0 Å². The molecule has 0 bridgehead atoms. The first kappa shape index (κ1) is 15.2. The molecule has 6 nitrogen and oxygen atoms in total. The summed E-state index contributed by atoms with van der Waals surface area (Å²) in [5, 5.41) is 13.9. The van der Waals surface area contributed by atoms with Crippen LogP contribution in [0.3, 0.4) is 0 Å². The minimum Gasteiger partial charge on any atom is -0.348 e. The lowest BCUT2D eigenvalue weighted by molar-refractivity contribution is -0.384. The van der Waals surface area contributed by atoms with Crippen LogP contribution in [0.5, 0.6) is 0 Å². The Morgan fingerprint density at radius 1 is 1.32 bits per heavy atom. The van der Waals surface area contributed by atoms with E-state index in [1.807, 2.05) is 0 Å². The van der Waals surface area contributed by atoms with Gasteiger partial charge in [-0.25, -0.2) is 0 Å². The zero-order valence-electron chi connectivity index (χ0n) is 12.1. The third-order valence-corrected chi connectivity index (χ3v) is 4.89. The lowest BCUT2D eigenvalue weighted by atomic mass is 9.99. The van der Waals surface area contributed by atoms with Gasteiger partial charge >= 0.3 is 0 Å². The molecule has 2 unspecified atom stereocenters. The number of amides is 1. The van der Waals surface area contributed by atoms with Crippen LogP contribution in [0.1, 0.15) is 36.0 Å². The molecule has 2 saturated heterocycles. The maximum Gasteiger partial charge on any atom is 0.270 e. The number of nitro groups is 1. The molecule has 3 rings (SSSR count). The molecule has 0 aromatic heterocycles. The van der Waals surface area contributed by atoms with Crippen LogP contribution in [0, 0.1) is 10.1 Å². The molecule has 0 radical (unpaired) electrons. The fraction of sp³-hybridized carbons (Fsp3) is 0.533. The maximum absolute atomic E-state index is 12.4. The second kappa shape index (κ2) is 6.22. The van der Waals surface area contributed by atoms with Gasteiger partial charge in [-0.2, -0.15) is 0 Å². The average molecular weight is 324 g/mol. The van der Waals surface area contributed by atoms with E-state index >= 15 is 0 Å². The summed E-state index contributed by atoms with van der Waals surface area (Å²) in [6.45, 7) is 2.12. The number of benzene rings is 1. The molecule has 2 aliphatic rings. The van der Waals surface area contributed by atoms with E-state index in [2.05, 4.69) is 10.2 Å². The molecule has 1 N–H and O–H groups in total. The van der Waals surface area contributed by atoms with E-state index in [0.717, 1.165) is 25.9 Å². The number of nitro benzene ring substituents is 1. The van der Waals surface area contributed by atoms with Gasteiger partial charge in [0, 0.05) is 30.8 Å². The van der Waals surface area contributed by atoms with Crippen molar-refractivity contribution in [3.05, 3.63) is 38.9 Å². The summed E-state index contributed by atoms with van der Waals surface area (Å²) in [6, 6.07) is 4.50. The van der Waals surface area contributed by atoms with Gasteiger partial charge in [-0.05, 0) is 31.9 Å². The van der Waals surface area contributed by atoms with Gasteiger partial charge in [-0.3, -0.25) is 19.8 Å². The second-order valence-corrected chi connectivity index (χ2v) is 6.30. The molecule has 2 aliphatic heterocycles. The number of non-ortho nitro benzene ring substituents is 1. The zero-order valence-corrected chi connectivity index (χ0v) is 12.9. The third kappa shape index (κ3) is 2.94. The molecule has 22 heavy (non-hydrogen) atoms. The van der Waals surface area contributed by atoms with Gasteiger partial charge in [0.25, 0.3) is 11.6 Å². The van der Waals surface area contributed by atoms with E-state index in [0.29, 0.717) is 11.6 Å². The molecule has 2 atom stereocenters. The minimum atomic E-state index is -0.523. The number of piperidine rings is 1. The van der Waals surface area contributed by atoms with Gasteiger partial charge in [0.05, 0.1) is 15.5 Å². The Labute approximate surface area is 133 Å². The van der Waals surface area contributed by atoms with Gasteiger partial charge in [0.1, 0.15) is 0 Å². The van der Waals surface area contributed by atoms with E-state index in [9.17, 15) is 14.9 Å². The Morgan fingerprint density at radius 3 is 2.86 bits per heavy atom. The molecular formula is C15H18ClN3O3. The Morgan fingerprint density at radius 2 is 2.14 bits per heavy atom. The number of halogens is 1. The number of nitrogens with one attached hydrogen (secondary N) is 1. The summed E-state index contributed by atoms with van der Waals surface area (Å²) in [5.74, 6) is -0.252. The van der Waals surface area contributed by atoms with Crippen LogP contribution in [0.2, 0.25) is 5.02 Å². The first-order chi connectivity index (χ1) is 10.6. The fourth-order valence-electron chi connectivity index (χ4n) is 3.46. The Balaban J connectivity index is 1.71. The number of hydrogen-bond donors (Lipinski definition) is 1. The van der Waals surface area contributed by atoms with Crippen molar-refractivity contribution < 1.29 is 9.72 Å². The number of fused-ring (bicyclic) bond motifs is 1. The van der Waals surface area contributed by atoms with E-state index in [1.54, 1.807) is 0 Å². The highest BCUT2D eigenvalue weighted by molar-refractivity contribution is 6.34. The molecule has 0 saturated carbocycles. The van der Waals surface area contributed by atoms with Gasteiger partial charge in [-0.15, -0.1) is 0 Å². The number of nitrogens with zero attached hydrogens (tertiary/aromatic N) is 2. The van der Waals surface area contributed by atoms with E-state index < -0.39 is 4.92 Å². The molecule has 2 fully saturated rings. The Bertz CT molecular complexity index is 608. The van der Waals surface area contributed by atoms with Crippen molar-refractivity contribution in [1.82, 2.24) is 10.2 Å². The quantitative estimate of drug-likeness (QED) is 0.685. The van der Waals surface area contributed by atoms with Crippen molar-refractivity contribution in [2.45, 2.75) is 37.8 Å².